The van der Waals surface area contributed by atoms with Gasteiger partial charge in [-0.05, 0) is 67.4 Å². The first-order chi connectivity index (χ1) is 22.3. The second-order valence-electron chi connectivity index (χ2n) is 13.0. The number of benzene rings is 3. The molecule has 8 rings (SSSR count). The van der Waals surface area contributed by atoms with E-state index in [0.29, 0.717) is 42.6 Å². The van der Waals surface area contributed by atoms with Gasteiger partial charge in [-0.1, -0.05) is 12.0 Å². The predicted molar refractivity (Wildman–Crippen MR) is 167 cm³/mol. The largest absolute Gasteiger partial charge is 0.508 e. The number of hydrogen-bond acceptors (Lipinski definition) is 8. The van der Waals surface area contributed by atoms with E-state index in [9.17, 15) is 19.1 Å². The van der Waals surface area contributed by atoms with Crippen molar-refractivity contribution in [1.82, 2.24) is 20.2 Å². The molecule has 2 unspecified atom stereocenters. The van der Waals surface area contributed by atoms with Gasteiger partial charge in [-0.2, -0.15) is 15.2 Å². The van der Waals surface area contributed by atoms with Crippen LogP contribution in [0, 0.1) is 35.3 Å². The van der Waals surface area contributed by atoms with Crippen LogP contribution in [0.2, 0.25) is 0 Å². The first-order valence-electron chi connectivity index (χ1n) is 15.7. The molecule has 8 nitrogen and oxygen atoms in total. The summed E-state index contributed by atoms with van der Waals surface area (Å²) in [6.07, 6.45) is 8.87. The zero-order valence-electron chi connectivity index (χ0n) is 25.0. The number of fused-ring (bicyclic) bond motifs is 5. The first-order valence-corrected chi connectivity index (χ1v) is 15.7. The second kappa shape index (κ2) is 10.8. The minimum atomic E-state index is -0.937. The fourth-order valence-electron chi connectivity index (χ4n) is 8.23. The number of phenolic OH excluding ortho intramolecular Hbond substituents is 1. The Bertz CT molecular complexity index is 2000. The number of nitriles is 1. The van der Waals surface area contributed by atoms with Crippen LogP contribution in [0.5, 0.6) is 11.8 Å². The highest BCUT2D eigenvalue weighted by molar-refractivity contribution is 6.05. The quantitative estimate of drug-likeness (QED) is 0.293. The Kier molecular flexibility index (Phi) is 6.75. The third kappa shape index (κ3) is 4.52. The van der Waals surface area contributed by atoms with E-state index >= 15 is 4.39 Å². The number of anilines is 1. The lowest BCUT2D eigenvalue weighted by molar-refractivity contribution is 0.107. The van der Waals surface area contributed by atoms with Gasteiger partial charge in [0.1, 0.15) is 35.7 Å². The summed E-state index contributed by atoms with van der Waals surface area (Å²) in [7, 11) is 0. The number of nitrogens with one attached hydrogen (secondary N) is 1. The van der Waals surface area contributed by atoms with Crippen LogP contribution in [0.15, 0.2) is 30.3 Å². The zero-order valence-corrected chi connectivity index (χ0v) is 25.0. The molecule has 5 heterocycles. The van der Waals surface area contributed by atoms with Crippen molar-refractivity contribution < 1.29 is 23.0 Å². The second-order valence-corrected chi connectivity index (χ2v) is 13.0. The molecule has 2 bridgehead atoms. The lowest BCUT2D eigenvalue weighted by atomic mass is 9.90. The van der Waals surface area contributed by atoms with Gasteiger partial charge in [-0.15, -0.1) is 6.42 Å². The maximum absolute atomic E-state index is 17.1. The van der Waals surface area contributed by atoms with Crippen LogP contribution >= 0.6 is 0 Å². The molecule has 4 saturated heterocycles. The van der Waals surface area contributed by atoms with Gasteiger partial charge in [0.2, 0.25) is 0 Å². The van der Waals surface area contributed by atoms with Crippen molar-refractivity contribution in [1.29, 1.82) is 5.26 Å². The maximum atomic E-state index is 17.1. The van der Waals surface area contributed by atoms with Crippen molar-refractivity contribution in [2.75, 3.05) is 37.7 Å². The van der Waals surface area contributed by atoms with Gasteiger partial charge in [0.05, 0.1) is 22.7 Å². The molecule has 0 amide bonds. The Labute approximate surface area is 263 Å². The molecule has 3 aromatic carbocycles. The number of piperazine rings is 1. The van der Waals surface area contributed by atoms with Crippen LogP contribution in [0.3, 0.4) is 0 Å². The van der Waals surface area contributed by atoms with Crippen LogP contribution in [-0.2, 0) is 0 Å². The standard InChI is InChI=1S/C35H31F3N6O2/c1-2-25-28(37)7-4-19-10-24(45)12-26(29(19)25)30-20(14-39)11-27-32(31(30)38)41-34(42-33(27)43-16-22-5-6-23(17-43)40-22)46-18-35-8-3-9-44(35)15-21(36)13-35/h1,4,7,10-12,21-23,40,45H,3,5-6,8-9,13,15-18H2/t21-,22?,23?,35+/m1/s1. The lowest BCUT2D eigenvalue weighted by Gasteiger charge is -2.34. The van der Waals surface area contributed by atoms with E-state index in [1.807, 2.05) is 0 Å². The molecule has 11 heteroatoms. The van der Waals surface area contributed by atoms with Crippen LogP contribution in [0.1, 0.15) is 43.2 Å². The molecule has 0 radical (unpaired) electrons. The number of aromatic hydroxyl groups is 1. The summed E-state index contributed by atoms with van der Waals surface area (Å²) in [6.45, 7) is 2.60. The molecule has 234 valence electrons. The molecule has 0 aliphatic carbocycles. The van der Waals surface area contributed by atoms with E-state index in [-0.39, 0.29) is 63.6 Å². The Balaban J connectivity index is 1.33. The van der Waals surface area contributed by atoms with Gasteiger partial charge in [-0.3, -0.25) is 4.90 Å². The maximum Gasteiger partial charge on any atom is 0.319 e. The molecule has 4 atom stereocenters. The van der Waals surface area contributed by atoms with E-state index in [4.69, 9.17) is 16.1 Å². The molecule has 0 spiro atoms. The molecule has 4 aromatic rings. The molecule has 1 aromatic heterocycles. The smallest absolute Gasteiger partial charge is 0.319 e. The number of alkyl halides is 1. The molecular formula is C35H31F3N6O2. The fourth-order valence-corrected chi connectivity index (χ4v) is 8.23. The van der Waals surface area contributed by atoms with Gasteiger partial charge in [-0.25, -0.2) is 13.2 Å². The number of nitrogens with zero attached hydrogens (tertiary/aromatic N) is 5. The average Bonchev–Trinajstić information content (AvgIpc) is 3.69. The number of terminal acetylenes is 1. The summed E-state index contributed by atoms with van der Waals surface area (Å²) in [6, 6.07) is 9.42. The monoisotopic (exact) mass is 624 g/mol. The van der Waals surface area contributed by atoms with E-state index in [2.05, 4.69) is 32.1 Å². The van der Waals surface area contributed by atoms with Crippen molar-refractivity contribution >= 4 is 27.5 Å². The highest BCUT2D eigenvalue weighted by atomic mass is 19.1. The summed E-state index contributed by atoms with van der Waals surface area (Å²) < 4.78 is 52.7. The molecular weight excluding hydrogens is 593 g/mol. The lowest BCUT2D eigenvalue weighted by Crippen LogP contribution is -2.51. The number of halogens is 3. The highest BCUT2D eigenvalue weighted by Crippen LogP contribution is 2.43. The average molecular weight is 625 g/mol. The van der Waals surface area contributed by atoms with Crippen LogP contribution in [0.4, 0.5) is 19.0 Å². The fraction of sp³-hybridized carbons (Fsp3) is 0.400. The molecule has 4 aliphatic rings. The molecule has 4 aliphatic heterocycles. The molecule has 2 N–H and O–H groups in total. The van der Waals surface area contributed by atoms with Crippen LogP contribution < -0.4 is 15.0 Å². The van der Waals surface area contributed by atoms with E-state index < -0.39 is 23.3 Å². The van der Waals surface area contributed by atoms with Gasteiger partial charge in [0, 0.05) is 54.5 Å². The van der Waals surface area contributed by atoms with Crippen molar-refractivity contribution in [3.63, 3.8) is 0 Å². The Morgan fingerprint density at radius 2 is 1.93 bits per heavy atom. The SMILES string of the molecule is C#Cc1c(F)ccc2cc(O)cc(-c3c(C#N)cc4c(N5CC6CCC(C5)N6)nc(OC[C@@]56CCCN5C[C@H](F)C6)nc4c3F)c12. The minimum absolute atomic E-state index is 0.0393. The van der Waals surface area contributed by atoms with Crippen molar-refractivity contribution in [3.8, 4) is 41.3 Å². The van der Waals surface area contributed by atoms with E-state index in [1.54, 1.807) is 6.07 Å². The topological polar surface area (TPSA) is 97.5 Å². The Morgan fingerprint density at radius 3 is 2.70 bits per heavy atom. The van der Waals surface area contributed by atoms with E-state index in [1.165, 1.54) is 24.3 Å². The number of phenols is 1. The summed E-state index contributed by atoms with van der Waals surface area (Å²) in [5, 5.41) is 25.5. The number of ether oxygens (including phenoxy) is 1. The van der Waals surface area contributed by atoms with Crippen LogP contribution in [-0.4, -0.2) is 76.6 Å². The zero-order chi connectivity index (χ0) is 31.7. The third-order valence-corrected chi connectivity index (χ3v) is 10.2. The van der Waals surface area contributed by atoms with Gasteiger partial charge in [0.25, 0.3) is 0 Å². The molecule has 46 heavy (non-hydrogen) atoms. The van der Waals surface area contributed by atoms with Crippen molar-refractivity contribution in [3.05, 3.63) is 53.1 Å². The molecule has 0 saturated carbocycles. The minimum Gasteiger partial charge on any atom is -0.508 e. The van der Waals surface area contributed by atoms with Crippen molar-refractivity contribution in [2.45, 2.75) is 55.9 Å². The number of hydrogen-bond donors (Lipinski definition) is 2. The van der Waals surface area contributed by atoms with Gasteiger partial charge >= 0.3 is 6.01 Å². The van der Waals surface area contributed by atoms with Crippen LogP contribution in [0.25, 0.3) is 32.8 Å². The highest BCUT2D eigenvalue weighted by Gasteiger charge is 2.49. The molecule has 4 fully saturated rings. The van der Waals surface area contributed by atoms with Gasteiger partial charge in [0.15, 0.2) is 5.82 Å². The predicted octanol–water partition coefficient (Wildman–Crippen LogP) is 5.18. The number of rotatable bonds is 5. The Morgan fingerprint density at radius 1 is 1.13 bits per heavy atom. The number of aromatic nitrogens is 2. The summed E-state index contributed by atoms with van der Waals surface area (Å²) in [4.78, 5) is 13.6. The van der Waals surface area contributed by atoms with Crippen molar-refractivity contribution in [2.24, 2.45) is 0 Å². The summed E-state index contributed by atoms with van der Waals surface area (Å²) in [5.41, 5.74) is -0.780. The third-order valence-electron chi connectivity index (χ3n) is 10.2. The first kappa shape index (κ1) is 28.9. The Hall–Kier alpha value is -4.58. The normalized spacial score (nSPS) is 25.6. The van der Waals surface area contributed by atoms with Gasteiger partial charge < -0.3 is 20.1 Å². The van der Waals surface area contributed by atoms with E-state index in [0.717, 1.165) is 32.2 Å². The summed E-state index contributed by atoms with van der Waals surface area (Å²) in [5.74, 6) is 1.08. The summed E-state index contributed by atoms with van der Waals surface area (Å²) >= 11 is 0.